The van der Waals surface area contributed by atoms with E-state index in [0.717, 1.165) is 0 Å². The van der Waals surface area contributed by atoms with E-state index in [1.807, 2.05) is 0 Å². The molecule has 0 saturated carbocycles. The molecular formula is C63H48. The molecule has 0 unspecified atom stereocenters. The average molecular weight is 805 g/mol. The lowest BCUT2D eigenvalue weighted by atomic mass is 9.77. The summed E-state index contributed by atoms with van der Waals surface area (Å²) in [7, 11) is 0. The van der Waals surface area contributed by atoms with Crippen LogP contribution in [0.3, 0.4) is 0 Å². The topological polar surface area (TPSA) is 0 Å². The highest BCUT2D eigenvalue weighted by Crippen LogP contribution is 2.57. The zero-order valence-corrected chi connectivity index (χ0v) is 36.8. The predicted octanol–water partition coefficient (Wildman–Crippen LogP) is 17.1. The summed E-state index contributed by atoms with van der Waals surface area (Å²) in [5, 5.41) is 7.75. The van der Waals surface area contributed by atoms with Crippen molar-refractivity contribution in [2.75, 3.05) is 0 Å². The molecule has 13 rings (SSSR count). The van der Waals surface area contributed by atoms with Gasteiger partial charge in [0.15, 0.2) is 0 Å². The third-order valence-electron chi connectivity index (χ3n) is 15.6. The smallest absolute Gasteiger partial charge is 0.0159 e. The Labute approximate surface area is 370 Å². The molecule has 10 aromatic rings. The molecule has 0 aromatic heterocycles. The molecule has 0 N–H and O–H groups in total. The van der Waals surface area contributed by atoms with Gasteiger partial charge in [0.25, 0.3) is 0 Å². The zero-order valence-electron chi connectivity index (χ0n) is 36.8. The van der Waals surface area contributed by atoms with Gasteiger partial charge in [0.05, 0.1) is 0 Å². The number of hydrogen-bond acceptors (Lipinski definition) is 0. The Morgan fingerprint density at radius 1 is 0.238 bits per heavy atom. The highest BCUT2D eigenvalue weighted by molar-refractivity contribution is 6.23. The molecule has 0 spiro atoms. The molecule has 0 amide bonds. The van der Waals surface area contributed by atoms with E-state index < -0.39 is 0 Å². The molecule has 0 heterocycles. The van der Waals surface area contributed by atoms with E-state index >= 15 is 0 Å². The Balaban J connectivity index is 1.09. The summed E-state index contributed by atoms with van der Waals surface area (Å²) >= 11 is 0. The van der Waals surface area contributed by atoms with Crippen LogP contribution in [0.1, 0.15) is 74.9 Å². The van der Waals surface area contributed by atoms with Gasteiger partial charge in [-0.15, -0.1) is 0 Å². The van der Waals surface area contributed by atoms with E-state index in [0.29, 0.717) is 0 Å². The van der Waals surface area contributed by atoms with Crippen molar-refractivity contribution >= 4 is 32.3 Å². The van der Waals surface area contributed by atoms with E-state index in [1.54, 1.807) is 0 Å². The lowest BCUT2D eigenvalue weighted by Gasteiger charge is -2.25. The number of fused-ring (bicyclic) bond motifs is 12. The first-order valence-corrected chi connectivity index (χ1v) is 22.7. The van der Waals surface area contributed by atoms with Crippen molar-refractivity contribution in [2.24, 2.45) is 0 Å². The molecule has 10 aromatic carbocycles. The highest BCUT2D eigenvalue weighted by Gasteiger charge is 2.39. The van der Waals surface area contributed by atoms with Crippen LogP contribution in [0.25, 0.3) is 99.1 Å². The van der Waals surface area contributed by atoms with E-state index in [9.17, 15) is 0 Å². The third-order valence-corrected chi connectivity index (χ3v) is 15.6. The van der Waals surface area contributed by atoms with Gasteiger partial charge >= 0.3 is 0 Å². The van der Waals surface area contributed by atoms with Crippen molar-refractivity contribution in [3.63, 3.8) is 0 Å². The van der Waals surface area contributed by atoms with Crippen LogP contribution in [0.2, 0.25) is 0 Å². The van der Waals surface area contributed by atoms with Gasteiger partial charge < -0.3 is 0 Å². The first-order valence-electron chi connectivity index (χ1n) is 22.7. The lowest BCUT2D eigenvalue weighted by Crippen LogP contribution is -2.15. The molecule has 0 atom stereocenters. The van der Waals surface area contributed by atoms with E-state index in [-0.39, 0.29) is 16.2 Å². The molecule has 0 bridgehead atoms. The monoisotopic (exact) mass is 804 g/mol. The Morgan fingerprint density at radius 3 is 1.21 bits per heavy atom. The SMILES string of the molecule is CC1(C)c2ccccc2-c2ccc(-c3c4ccccc4c(-c4ccc5c(c4)C(C)(C)c4ccccc4-5)c4cc5c(cc34)-c3ccc(-c4ccc6ccccc6c4)cc3C5(C)C)cc21. The summed E-state index contributed by atoms with van der Waals surface area (Å²) in [6, 6.07) is 69.8. The van der Waals surface area contributed by atoms with Crippen molar-refractivity contribution in [1.82, 2.24) is 0 Å². The van der Waals surface area contributed by atoms with Crippen LogP contribution in [0.4, 0.5) is 0 Å². The van der Waals surface area contributed by atoms with Crippen LogP contribution < -0.4 is 0 Å². The molecule has 3 aliphatic carbocycles. The molecule has 0 heteroatoms. The molecule has 3 aliphatic rings. The minimum absolute atomic E-state index is 0.101. The summed E-state index contributed by atoms with van der Waals surface area (Å²) in [5.74, 6) is 0. The van der Waals surface area contributed by atoms with E-state index in [4.69, 9.17) is 0 Å². The largest absolute Gasteiger partial charge is 0.0619 e. The minimum atomic E-state index is -0.209. The number of rotatable bonds is 3. The number of benzene rings is 10. The van der Waals surface area contributed by atoms with E-state index in [2.05, 4.69) is 224 Å². The lowest BCUT2D eigenvalue weighted by molar-refractivity contribution is 0.660. The van der Waals surface area contributed by atoms with Gasteiger partial charge in [-0.2, -0.15) is 0 Å². The second-order valence-corrected chi connectivity index (χ2v) is 20.0. The first-order chi connectivity index (χ1) is 30.5. The molecule has 0 aliphatic heterocycles. The fourth-order valence-electron chi connectivity index (χ4n) is 12.3. The second kappa shape index (κ2) is 12.6. The van der Waals surface area contributed by atoms with Crippen LogP contribution >= 0.6 is 0 Å². The van der Waals surface area contributed by atoms with Gasteiger partial charge in [-0.3, -0.25) is 0 Å². The normalized spacial score (nSPS) is 15.5. The number of hydrogen-bond donors (Lipinski definition) is 0. The van der Waals surface area contributed by atoms with Crippen LogP contribution in [-0.4, -0.2) is 0 Å². The van der Waals surface area contributed by atoms with Crippen LogP contribution in [0, 0.1) is 0 Å². The van der Waals surface area contributed by atoms with Gasteiger partial charge in [0.1, 0.15) is 0 Å². The van der Waals surface area contributed by atoms with Gasteiger partial charge in [0, 0.05) is 16.2 Å². The Bertz CT molecular complexity index is 3640. The van der Waals surface area contributed by atoms with Gasteiger partial charge in [-0.05, 0) is 169 Å². The van der Waals surface area contributed by atoms with Gasteiger partial charge in [-0.25, -0.2) is 0 Å². The molecule has 63 heavy (non-hydrogen) atoms. The summed E-state index contributed by atoms with van der Waals surface area (Å²) < 4.78 is 0. The second-order valence-electron chi connectivity index (χ2n) is 20.0. The van der Waals surface area contributed by atoms with Crippen LogP contribution in [0.5, 0.6) is 0 Å². The molecular weight excluding hydrogens is 757 g/mol. The van der Waals surface area contributed by atoms with Crippen LogP contribution in [0.15, 0.2) is 182 Å². The van der Waals surface area contributed by atoms with Crippen molar-refractivity contribution in [1.29, 1.82) is 0 Å². The molecule has 300 valence electrons. The molecule has 0 radical (unpaired) electrons. The van der Waals surface area contributed by atoms with Crippen LogP contribution in [-0.2, 0) is 16.2 Å². The summed E-state index contributed by atoms with van der Waals surface area (Å²) in [6.07, 6.45) is 0. The summed E-state index contributed by atoms with van der Waals surface area (Å²) in [5.41, 5.74) is 23.8. The average Bonchev–Trinajstić information content (AvgIpc) is 3.78. The zero-order chi connectivity index (χ0) is 42.6. The Kier molecular flexibility index (Phi) is 7.29. The summed E-state index contributed by atoms with van der Waals surface area (Å²) in [6.45, 7) is 14.5. The quantitative estimate of drug-likeness (QED) is 0.156. The fourth-order valence-corrected chi connectivity index (χ4v) is 12.3. The first kappa shape index (κ1) is 36.6. The van der Waals surface area contributed by atoms with Gasteiger partial charge in [0.2, 0.25) is 0 Å². The molecule has 0 saturated heterocycles. The standard InChI is InChI=1S/C63H48/c1-61(2)53-21-13-11-17-43(53)45-29-26-41(33-56(45)61)59-48-19-9-10-20-49(48)60(42-27-30-46-44-18-12-14-22-54(44)62(3,4)57(46)34-42)52-36-58-50(35-51(52)59)47-28-25-40(32-55(47)63(58,5)6)39-24-23-37-15-7-8-16-38(37)31-39/h7-36H,1-6H3. The van der Waals surface area contributed by atoms with Gasteiger partial charge in [-0.1, -0.05) is 187 Å². The van der Waals surface area contributed by atoms with Crippen molar-refractivity contribution in [3.8, 4) is 66.8 Å². The van der Waals surface area contributed by atoms with Crippen molar-refractivity contribution in [3.05, 3.63) is 215 Å². The fraction of sp³-hybridized carbons (Fsp3) is 0.143. The minimum Gasteiger partial charge on any atom is -0.0619 e. The Hall–Kier alpha value is -7.02. The predicted molar refractivity (Wildman–Crippen MR) is 268 cm³/mol. The molecule has 0 nitrogen and oxygen atoms in total. The van der Waals surface area contributed by atoms with Crippen molar-refractivity contribution < 1.29 is 0 Å². The maximum atomic E-state index is 2.59. The third kappa shape index (κ3) is 4.93. The molecule has 0 fully saturated rings. The Morgan fingerprint density at radius 2 is 0.619 bits per heavy atom. The highest BCUT2D eigenvalue weighted by atomic mass is 14.4. The maximum Gasteiger partial charge on any atom is 0.0159 e. The van der Waals surface area contributed by atoms with Crippen molar-refractivity contribution in [2.45, 2.75) is 57.8 Å². The van der Waals surface area contributed by atoms with E-state index in [1.165, 1.54) is 132 Å². The summed E-state index contributed by atoms with van der Waals surface area (Å²) in [4.78, 5) is 0. The maximum absolute atomic E-state index is 2.59.